The average Bonchev–Trinajstić information content (AvgIpc) is 3.03. The van der Waals surface area contributed by atoms with Crippen molar-refractivity contribution in [1.82, 2.24) is 10.2 Å². The van der Waals surface area contributed by atoms with Crippen LogP contribution in [0, 0.1) is 0 Å². The topological polar surface area (TPSA) is 35.6 Å². The van der Waals surface area contributed by atoms with Crippen molar-refractivity contribution in [3.63, 3.8) is 0 Å². The highest BCUT2D eigenvalue weighted by Gasteiger charge is 2.29. The highest BCUT2D eigenvalue weighted by atomic mass is 32.2. The SMILES string of the molecule is CCCNC(=O)c1ccc2c(c1)N(C(C)CN1CCCCCC1)c1ccccc1S2. The van der Waals surface area contributed by atoms with Crippen molar-refractivity contribution in [3.05, 3.63) is 48.0 Å². The number of anilines is 2. The lowest BCUT2D eigenvalue weighted by atomic mass is 10.1. The molecule has 1 unspecified atom stereocenters. The van der Waals surface area contributed by atoms with Gasteiger partial charge in [0, 0.05) is 34.5 Å². The van der Waals surface area contributed by atoms with E-state index in [1.807, 2.05) is 6.07 Å². The molecule has 2 aliphatic heterocycles. The zero-order valence-corrected chi connectivity index (χ0v) is 19.0. The molecule has 2 aromatic carbocycles. The third-order valence-electron chi connectivity index (χ3n) is 6.02. The molecule has 2 aliphatic rings. The van der Waals surface area contributed by atoms with Crippen LogP contribution in [0.3, 0.4) is 0 Å². The second-order valence-corrected chi connectivity index (χ2v) is 9.53. The smallest absolute Gasteiger partial charge is 0.251 e. The monoisotopic (exact) mass is 423 g/mol. The number of carbonyl (C=O) groups is 1. The van der Waals surface area contributed by atoms with Crippen molar-refractivity contribution < 1.29 is 4.79 Å². The summed E-state index contributed by atoms with van der Waals surface area (Å²) in [6.07, 6.45) is 6.26. The van der Waals surface area contributed by atoms with Gasteiger partial charge in [0.05, 0.1) is 11.4 Å². The van der Waals surface area contributed by atoms with Crippen LogP contribution in [0.1, 0.15) is 56.3 Å². The van der Waals surface area contributed by atoms with E-state index in [0.29, 0.717) is 12.6 Å². The van der Waals surface area contributed by atoms with Gasteiger partial charge < -0.3 is 15.1 Å². The molecule has 2 aromatic rings. The maximum atomic E-state index is 12.6. The van der Waals surface area contributed by atoms with Crippen LogP contribution in [0.2, 0.25) is 0 Å². The fourth-order valence-corrected chi connectivity index (χ4v) is 5.57. The second kappa shape index (κ2) is 9.88. The maximum absolute atomic E-state index is 12.6. The lowest BCUT2D eigenvalue weighted by Crippen LogP contribution is -2.41. The van der Waals surface area contributed by atoms with Gasteiger partial charge in [0.2, 0.25) is 0 Å². The Bertz CT molecular complexity index is 876. The van der Waals surface area contributed by atoms with Crippen molar-refractivity contribution in [1.29, 1.82) is 0 Å². The van der Waals surface area contributed by atoms with E-state index in [-0.39, 0.29) is 5.91 Å². The Morgan fingerprint density at radius 2 is 1.77 bits per heavy atom. The zero-order chi connectivity index (χ0) is 20.9. The third-order valence-corrected chi connectivity index (χ3v) is 7.15. The van der Waals surface area contributed by atoms with Crippen LogP contribution in [0.15, 0.2) is 52.3 Å². The van der Waals surface area contributed by atoms with Crippen molar-refractivity contribution >= 4 is 29.0 Å². The number of nitrogens with one attached hydrogen (secondary N) is 1. The summed E-state index contributed by atoms with van der Waals surface area (Å²) in [7, 11) is 0. The summed E-state index contributed by atoms with van der Waals surface area (Å²) in [5.74, 6) is 0.0172. The molecule has 0 spiro atoms. The first kappa shape index (κ1) is 21.3. The predicted octanol–water partition coefficient (Wildman–Crippen LogP) is 5.69. The molecule has 0 aromatic heterocycles. The largest absolute Gasteiger partial charge is 0.352 e. The van der Waals surface area contributed by atoms with Gasteiger partial charge in [-0.1, -0.05) is 43.7 Å². The fourth-order valence-electron chi connectivity index (χ4n) is 4.51. The third kappa shape index (κ3) is 4.68. The van der Waals surface area contributed by atoms with E-state index < -0.39 is 0 Å². The molecule has 5 heteroatoms. The van der Waals surface area contributed by atoms with Crippen LogP contribution >= 0.6 is 11.8 Å². The molecule has 1 amide bonds. The normalized spacial score (nSPS) is 17.6. The summed E-state index contributed by atoms with van der Waals surface area (Å²) in [4.78, 5) is 20.2. The first-order valence-electron chi connectivity index (χ1n) is 11.4. The quantitative estimate of drug-likeness (QED) is 0.647. The van der Waals surface area contributed by atoms with Gasteiger partial charge in [0.25, 0.3) is 5.91 Å². The zero-order valence-electron chi connectivity index (χ0n) is 18.2. The number of hydrogen-bond donors (Lipinski definition) is 1. The summed E-state index contributed by atoms with van der Waals surface area (Å²) < 4.78 is 0. The Hall–Kier alpha value is -1.98. The van der Waals surface area contributed by atoms with E-state index >= 15 is 0 Å². The van der Waals surface area contributed by atoms with E-state index in [2.05, 4.69) is 65.4 Å². The number of carbonyl (C=O) groups excluding carboxylic acids is 1. The highest BCUT2D eigenvalue weighted by Crippen LogP contribution is 2.49. The summed E-state index contributed by atoms with van der Waals surface area (Å²) in [5, 5.41) is 3.02. The molecule has 4 nitrogen and oxygen atoms in total. The van der Waals surface area contributed by atoms with Crippen LogP contribution < -0.4 is 10.2 Å². The minimum atomic E-state index is 0.0172. The van der Waals surface area contributed by atoms with Crippen LogP contribution in [0.25, 0.3) is 0 Å². The van der Waals surface area contributed by atoms with Crippen molar-refractivity contribution in [2.45, 2.75) is 61.8 Å². The number of para-hydroxylation sites is 1. The van der Waals surface area contributed by atoms with Crippen molar-refractivity contribution in [2.75, 3.05) is 31.1 Å². The summed E-state index contributed by atoms with van der Waals surface area (Å²) in [5.41, 5.74) is 3.16. The van der Waals surface area contributed by atoms with Gasteiger partial charge in [-0.15, -0.1) is 0 Å². The lowest BCUT2D eigenvalue weighted by Gasteiger charge is -2.39. The number of nitrogens with zero attached hydrogens (tertiary/aromatic N) is 2. The Morgan fingerprint density at radius 1 is 1.03 bits per heavy atom. The molecule has 4 rings (SSSR count). The lowest BCUT2D eigenvalue weighted by molar-refractivity contribution is 0.0953. The number of amides is 1. The number of hydrogen-bond acceptors (Lipinski definition) is 4. The molecule has 1 N–H and O–H groups in total. The molecule has 0 aliphatic carbocycles. The Kier molecular flexibility index (Phi) is 7.00. The van der Waals surface area contributed by atoms with Crippen molar-refractivity contribution in [3.8, 4) is 0 Å². The number of fused-ring (bicyclic) bond motifs is 2. The number of likely N-dealkylation sites (tertiary alicyclic amines) is 1. The molecule has 1 atom stereocenters. The van der Waals surface area contributed by atoms with Crippen LogP contribution in [-0.4, -0.2) is 43.0 Å². The molecule has 0 radical (unpaired) electrons. The minimum Gasteiger partial charge on any atom is -0.352 e. The Labute approximate surface area is 185 Å². The highest BCUT2D eigenvalue weighted by molar-refractivity contribution is 7.99. The molecule has 1 saturated heterocycles. The van der Waals surface area contributed by atoms with Crippen LogP contribution in [-0.2, 0) is 0 Å². The molecule has 160 valence electrons. The molecule has 0 bridgehead atoms. The number of benzene rings is 2. The van der Waals surface area contributed by atoms with Crippen LogP contribution in [0.4, 0.5) is 11.4 Å². The molecule has 30 heavy (non-hydrogen) atoms. The number of rotatable bonds is 6. The van der Waals surface area contributed by atoms with E-state index in [9.17, 15) is 4.79 Å². The van der Waals surface area contributed by atoms with Gasteiger partial charge in [-0.25, -0.2) is 0 Å². The standard InChI is InChI=1S/C25H33N3OS/c1-3-14-26-25(29)20-12-13-24-22(17-20)28(21-10-6-7-11-23(21)30-24)19(2)18-27-15-8-4-5-9-16-27/h6-7,10-13,17,19H,3-5,8-9,14-16,18H2,1-2H3,(H,26,29). The van der Waals surface area contributed by atoms with Crippen LogP contribution in [0.5, 0.6) is 0 Å². The van der Waals surface area contributed by atoms with E-state index in [1.54, 1.807) is 11.8 Å². The van der Waals surface area contributed by atoms with Gasteiger partial charge in [-0.05, 0) is 69.6 Å². The summed E-state index contributed by atoms with van der Waals surface area (Å²) in [6.45, 7) is 8.55. The molecular formula is C25H33N3OS. The van der Waals surface area contributed by atoms with E-state index in [1.165, 1.54) is 54.3 Å². The molecule has 2 heterocycles. The van der Waals surface area contributed by atoms with E-state index in [4.69, 9.17) is 0 Å². The average molecular weight is 424 g/mol. The maximum Gasteiger partial charge on any atom is 0.251 e. The second-order valence-electron chi connectivity index (χ2n) is 8.44. The fraction of sp³-hybridized carbons (Fsp3) is 0.480. The predicted molar refractivity (Wildman–Crippen MR) is 126 cm³/mol. The molecule has 0 saturated carbocycles. The Balaban J connectivity index is 1.65. The first-order valence-corrected chi connectivity index (χ1v) is 12.2. The summed E-state index contributed by atoms with van der Waals surface area (Å²) >= 11 is 1.80. The van der Waals surface area contributed by atoms with E-state index in [0.717, 1.165) is 24.2 Å². The Morgan fingerprint density at radius 3 is 2.53 bits per heavy atom. The van der Waals surface area contributed by atoms with Gasteiger partial charge in [0.1, 0.15) is 0 Å². The van der Waals surface area contributed by atoms with Gasteiger partial charge >= 0.3 is 0 Å². The molecular weight excluding hydrogens is 390 g/mol. The summed E-state index contributed by atoms with van der Waals surface area (Å²) in [6, 6.07) is 15.1. The first-order chi connectivity index (χ1) is 14.7. The van der Waals surface area contributed by atoms with Crippen molar-refractivity contribution in [2.24, 2.45) is 0 Å². The molecule has 1 fully saturated rings. The van der Waals surface area contributed by atoms with Gasteiger partial charge in [-0.2, -0.15) is 0 Å². The van der Waals surface area contributed by atoms with Gasteiger partial charge in [-0.3, -0.25) is 4.79 Å². The van der Waals surface area contributed by atoms with Gasteiger partial charge in [0.15, 0.2) is 0 Å². The minimum absolute atomic E-state index is 0.0172.